The number of rotatable bonds is 20. The van der Waals surface area contributed by atoms with E-state index in [1.807, 2.05) is 36.4 Å². The van der Waals surface area contributed by atoms with Gasteiger partial charge in [-0.25, -0.2) is 9.18 Å². The minimum Gasteiger partial charge on any atom is -0.481 e. The number of aliphatic carboxylic acids is 2. The second kappa shape index (κ2) is 21.5. The zero-order chi connectivity index (χ0) is 39.1. The smallest absolute Gasteiger partial charge is 0.340 e. The number of nitrogens with zero attached hydrogens (tertiary/aromatic N) is 1. The summed E-state index contributed by atoms with van der Waals surface area (Å²) in [5.41, 5.74) is 5.77. The fraction of sp³-hybridized carbons (Fsp3) is 0.419. The van der Waals surface area contributed by atoms with Gasteiger partial charge in [-0.1, -0.05) is 128 Å². The highest BCUT2D eigenvalue weighted by molar-refractivity contribution is 6.57. The van der Waals surface area contributed by atoms with Crippen LogP contribution >= 0.6 is 34.8 Å². The van der Waals surface area contributed by atoms with E-state index < -0.39 is 34.9 Å². The Morgan fingerprint density at radius 3 is 2.07 bits per heavy atom. The Balaban J connectivity index is 0.000000253. The molecule has 0 saturated heterocycles. The quantitative estimate of drug-likeness (QED) is 0.0517. The van der Waals surface area contributed by atoms with E-state index in [9.17, 15) is 24.2 Å². The summed E-state index contributed by atoms with van der Waals surface area (Å²) in [6.45, 7) is 0. The molecule has 54 heavy (non-hydrogen) atoms. The second-order valence-electron chi connectivity index (χ2n) is 14.0. The summed E-state index contributed by atoms with van der Waals surface area (Å²) in [7, 11) is 0. The van der Waals surface area contributed by atoms with Crippen LogP contribution < -0.4 is 0 Å². The van der Waals surface area contributed by atoms with Crippen LogP contribution in [0, 0.1) is 5.82 Å². The van der Waals surface area contributed by atoms with Crippen LogP contribution in [0.15, 0.2) is 78.9 Å². The van der Waals surface area contributed by atoms with E-state index >= 15 is 0 Å². The molecule has 4 aromatic rings. The molecule has 1 aliphatic carbocycles. The van der Waals surface area contributed by atoms with Crippen LogP contribution in [0.1, 0.15) is 106 Å². The Morgan fingerprint density at radius 1 is 0.852 bits per heavy atom. The predicted octanol–water partition coefficient (Wildman–Crippen LogP) is 11.2. The van der Waals surface area contributed by atoms with Crippen molar-refractivity contribution in [2.75, 3.05) is 0 Å². The molecular weight excluding hydrogens is 752 g/mol. The molecule has 0 amide bonds. The Bertz CT molecular complexity index is 1830. The number of carboxylic acids is 2. The predicted molar refractivity (Wildman–Crippen MR) is 216 cm³/mol. The van der Waals surface area contributed by atoms with Gasteiger partial charge in [0.15, 0.2) is 0 Å². The summed E-state index contributed by atoms with van der Waals surface area (Å²) >= 11 is 17.2. The fourth-order valence-electron chi connectivity index (χ4n) is 6.35. The van der Waals surface area contributed by atoms with Gasteiger partial charge < -0.3 is 20.4 Å². The minimum atomic E-state index is -1.62. The van der Waals surface area contributed by atoms with Gasteiger partial charge in [-0.3, -0.25) is 9.78 Å². The summed E-state index contributed by atoms with van der Waals surface area (Å²) in [6, 6.07) is 22.2. The first-order chi connectivity index (χ1) is 25.8. The van der Waals surface area contributed by atoms with Gasteiger partial charge in [0.1, 0.15) is 5.82 Å². The number of carbonyl (C=O) groups is 2. The molecule has 0 radical (unpaired) electrons. The number of aryl methyl sites for hydroxylation is 1. The lowest BCUT2D eigenvalue weighted by Gasteiger charge is -2.16. The van der Waals surface area contributed by atoms with Crippen molar-refractivity contribution in [3.05, 3.63) is 107 Å². The maximum atomic E-state index is 13.6. The molecule has 1 aromatic heterocycles. The van der Waals surface area contributed by atoms with E-state index in [4.69, 9.17) is 50.0 Å². The number of aromatic nitrogens is 1. The largest absolute Gasteiger partial charge is 0.481 e. The Morgan fingerprint density at radius 2 is 1.46 bits per heavy atom. The number of alkyl halides is 2. The first kappa shape index (κ1) is 43.2. The summed E-state index contributed by atoms with van der Waals surface area (Å²) < 4.78 is 12.0. The van der Waals surface area contributed by atoms with Crippen molar-refractivity contribution in [2.45, 2.75) is 112 Å². The SMILES string of the molecule is O=C(O)C(Cl)(Cl)CCCCCCCCCCc1ccc(Cl)cc1.O=C(O)C[C@H](O)C[C@H](O)/C=C/c1c(C2CC2)nc2ccccc2c1-c1ccc(F)cc1. The van der Waals surface area contributed by atoms with Crippen LogP contribution in [0.25, 0.3) is 28.1 Å². The van der Waals surface area contributed by atoms with Crippen molar-refractivity contribution in [3.8, 4) is 11.1 Å². The standard InChI is InChI=1S/C25H24FNO4.C18H25Cl3O2/c26-17-9-7-15(8-10-17)24-20-3-1-2-4-22(20)27-25(16-5-6-16)21(24)12-11-18(28)13-19(29)14-23(30)31;19-16-12-10-15(11-13-16)9-7-5-3-1-2-4-6-8-14-18(20,21)17(22)23/h1-4,7-12,16,18-19,28-29H,5-6,13-14H2,(H,30,31);10-13H,1-9,14H2,(H,22,23)/b12-11+;/t18-,19-;/m1./s1. The number of fused-ring (bicyclic) bond motifs is 1. The molecule has 3 aromatic carbocycles. The number of pyridine rings is 1. The summed E-state index contributed by atoms with van der Waals surface area (Å²) in [5, 5.41) is 39.5. The maximum Gasteiger partial charge on any atom is 0.340 e. The number of aliphatic hydroxyl groups excluding tert-OH is 2. The van der Waals surface area contributed by atoms with Crippen LogP contribution in [0.3, 0.4) is 0 Å². The lowest BCUT2D eigenvalue weighted by atomic mass is 9.92. The number of hydrogen-bond acceptors (Lipinski definition) is 5. The van der Waals surface area contributed by atoms with Crippen LogP contribution in [0.5, 0.6) is 0 Å². The number of para-hydroxylation sites is 1. The van der Waals surface area contributed by atoms with E-state index in [-0.39, 0.29) is 12.2 Å². The monoisotopic (exact) mass is 799 g/mol. The third-order valence-corrected chi connectivity index (χ3v) is 10.4. The average Bonchev–Trinajstić information content (AvgIpc) is 3.98. The molecule has 7 nitrogen and oxygen atoms in total. The third kappa shape index (κ3) is 14.3. The average molecular weight is 801 g/mol. The van der Waals surface area contributed by atoms with Crippen LogP contribution in [0.2, 0.25) is 5.02 Å². The number of hydrogen-bond donors (Lipinski definition) is 4. The van der Waals surface area contributed by atoms with Gasteiger partial charge in [0.25, 0.3) is 0 Å². The molecule has 1 aliphatic rings. The third-order valence-electron chi connectivity index (χ3n) is 9.40. The van der Waals surface area contributed by atoms with Crippen LogP contribution in [0.4, 0.5) is 4.39 Å². The van der Waals surface area contributed by atoms with Crippen molar-refractivity contribution < 1.29 is 34.4 Å². The fourth-order valence-corrected chi connectivity index (χ4v) is 6.75. The van der Waals surface area contributed by atoms with Crippen molar-refractivity contribution in [3.63, 3.8) is 0 Å². The summed E-state index contributed by atoms with van der Waals surface area (Å²) in [6.07, 6.45) is 13.2. The van der Waals surface area contributed by atoms with E-state index in [2.05, 4.69) is 12.1 Å². The van der Waals surface area contributed by atoms with E-state index in [1.54, 1.807) is 24.3 Å². The first-order valence-electron chi connectivity index (χ1n) is 18.6. The number of unbranched alkanes of at least 4 members (excludes halogenated alkanes) is 7. The van der Waals surface area contributed by atoms with Gasteiger partial charge in [0.2, 0.25) is 4.33 Å². The van der Waals surface area contributed by atoms with E-state index in [1.165, 1.54) is 49.8 Å². The van der Waals surface area contributed by atoms with Crippen molar-refractivity contribution >= 4 is 63.7 Å². The lowest BCUT2D eigenvalue weighted by molar-refractivity contribution is -0.140. The molecule has 4 N–H and O–H groups in total. The Kier molecular flexibility index (Phi) is 17.2. The molecule has 0 aliphatic heterocycles. The number of benzene rings is 3. The topological polar surface area (TPSA) is 128 Å². The van der Waals surface area contributed by atoms with Crippen molar-refractivity contribution in [1.29, 1.82) is 0 Å². The molecular formula is C43H49Cl3FNO6. The van der Waals surface area contributed by atoms with Crippen molar-refractivity contribution in [1.82, 2.24) is 4.98 Å². The van der Waals surface area contributed by atoms with E-state index in [0.29, 0.717) is 12.3 Å². The minimum absolute atomic E-state index is 0.0749. The summed E-state index contributed by atoms with van der Waals surface area (Å²) in [5.74, 6) is -2.25. The molecule has 1 saturated carbocycles. The molecule has 0 unspecified atom stereocenters. The van der Waals surface area contributed by atoms with Gasteiger partial charge in [0, 0.05) is 33.9 Å². The first-order valence-corrected chi connectivity index (χ1v) is 19.8. The second-order valence-corrected chi connectivity index (χ2v) is 15.9. The number of aliphatic hydroxyl groups is 2. The number of halogens is 4. The van der Waals surface area contributed by atoms with Crippen LogP contribution in [-0.4, -0.2) is 53.9 Å². The normalized spacial score (nSPS) is 14.1. The highest BCUT2D eigenvalue weighted by atomic mass is 35.5. The molecule has 11 heteroatoms. The Labute approximate surface area is 331 Å². The molecule has 1 heterocycles. The molecule has 2 atom stereocenters. The van der Waals surface area contributed by atoms with Gasteiger partial charge >= 0.3 is 11.9 Å². The zero-order valence-corrected chi connectivity index (χ0v) is 32.5. The zero-order valence-electron chi connectivity index (χ0n) is 30.3. The summed E-state index contributed by atoms with van der Waals surface area (Å²) in [4.78, 5) is 26.4. The molecule has 290 valence electrons. The molecule has 1 fully saturated rings. The van der Waals surface area contributed by atoms with Gasteiger partial charge in [-0.05, 0) is 80.0 Å². The van der Waals surface area contributed by atoms with Crippen LogP contribution in [-0.2, 0) is 16.0 Å². The van der Waals surface area contributed by atoms with Crippen molar-refractivity contribution in [2.24, 2.45) is 0 Å². The number of carboxylic acid groups (broad SMARTS) is 2. The molecule has 0 bridgehead atoms. The van der Waals surface area contributed by atoms with Gasteiger partial charge in [-0.15, -0.1) is 0 Å². The maximum absolute atomic E-state index is 13.6. The Hall–Kier alpha value is -3.53. The van der Waals surface area contributed by atoms with Gasteiger partial charge in [0.05, 0.1) is 29.8 Å². The van der Waals surface area contributed by atoms with Gasteiger partial charge in [-0.2, -0.15) is 0 Å². The molecule has 0 spiro atoms. The molecule has 5 rings (SSSR count). The highest BCUT2D eigenvalue weighted by Gasteiger charge is 2.32. The van der Waals surface area contributed by atoms with E-state index in [0.717, 1.165) is 76.8 Å². The highest BCUT2D eigenvalue weighted by Crippen LogP contribution is 2.45. The lowest BCUT2D eigenvalue weighted by Crippen LogP contribution is -2.25.